The predicted octanol–water partition coefficient (Wildman–Crippen LogP) is -2.36. The van der Waals surface area contributed by atoms with Gasteiger partial charge in [-0.25, -0.2) is 0 Å². The minimum absolute atomic E-state index is 0.0967. The Morgan fingerprint density at radius 2 is 1.94 bits per heavy atom. The molecule has 0 radical (unpaired) electrons. The summed E-state index contributed by atoms with van der Waals surface area (Å²) in [5.41, 5.74) is 5.31. The molecule has 3 atom stereocenters. The van der Waals surface area contributed by atoms with Crippen LogP contribution in [0.15, 0.2) is 0 Å². The van der Waals surface area contributed by atoms with E-state index in [2.05, 4.69) is 4.74 Å². The van der Waals surface area contributed by atoms with Gasteiger partial charge in [-0.05, 0) is 6.42 Å². The van der Waals surface area contributed by atoms with E-state index in [4.69, 9.17) is 21.1 Å². The maximum Gasteiger partial charge on any atom is 0.323 e. The zero-order chi connectivity index (χ0) is 13.4. The second-order valence-electron chi connectivity index (χ2n) is 3.36. The second kappa shape index (κ2) is 7.71. The van der Waals surface area contributed by atoms with E-state index in [9.17, 15) is 14.4 Å². The molecule has 0 saturated heterocycles. The van der Waals surface area contributed by atoms with Crippen molar-refractivity contribution in [3.8, 4) is 0 Å². The number of esters is 1. The molecule has 0 aliphatic heterocycles. The summed E-state index contributed by atoms with van der Waals surface area (Å²) in [4.78, 5) is 31.4. The van der Waals surface area contributed by atoms with Crippen LogP contribution in [0, 0.1) is 0 Å². The summed E-state index contributed by atoms with van der Waals surface area (Å²) in [5, 5.41) is 26.3. The highest BCUT2D eigenvalue weighted by molar-refractivity contribution is 5.76. The number of rotatable bonds is 8. The molecule has 0 saturated carbocycles. The van der Waals surface area contributed by atoms with Crippen LogP contribution in [-0.4, -0.2) is 58.4 Å². The van der Waals surface area contributed by atoms with Crippen molar-refractivity contribution < 1.29 is 34.4 Å². The van der Waals surface area contributed by atoms with Gasteiger partial charge in [-0.1, -0.05) is 0 Å². The van der Waals surface area contributed by atoms with Gasteiger partial charge >= 0.3 is 11.9 Å². The van der Waals surface area contributed by atoms with Crippen molar-refractivity contribution in [1.82, 2.24) is 0 Å². The number of hydrogen-bond donors (Lipinski definition) is 4. The topological polar surface area (TPSA) is 147 Å². The number of aliphatic hydroxyl groups is 2. The number of carbonyl (C=O) groups is 3. The third kappa shape index (κ3) is 6.61. The predicted molar refractivity (Wildman–Crippen MR) is 53.9 cm³/mol. The molecule has 98 valence electrons. The summed E-state index contributed by atoms with van der Waals surface area (Å²) >= 11 is 0. The molecule has 0 bridgehead atoms. The molecule has 0 aliphatic rings. The lowest BCUT2D eigenvalue weighted by atomic mass is 10.2. The van der Waals surface area contributed by atoms with Crippen molar-refractivity contribution in [2.24, 2.45) is 5.73 Å². The Kier molecular flexibility index (Phi) is 7.03. The Morgan fingerprint density at radius 3 is 2.41 bits per heavy atom. The fourth-order valence-electron chi connectivity index (χ4n) is 0.861. The minimum atomic E-state index is -1.64. The van der Waals surface area contributed by atoms with Crippen LogP contribution >= 0.6 is 0 Å². The highest BCUT2D eigenvalue weighted by Gasteiger charge is 2.21. The number of carboxylic acids is 1. The van der Waals surface area contributed by atoms with Gasteiger partial charge in [-0.15, -0.1) is 0 Å². The molecule has 0 fully saturated rings. The first kappa shape index (κ1) is 15.5. The van der Waals surface area contributed by atoms with Crippen LogP contribution in [0.25, 0.3) is 0 Å². The maximum absolute atomic E-state index is 11.1. The van der Waals surface area contributed by atoms with Gasteiger partial charge in [0, 0.05) is 6.42 Å². The van der Waals surface area contributed by atoms with E-state index in [0.29, 0.717) is 0 Å². The van der Waals surface area contributed by atoms with Crippen molar-refractivity contribution in [1.29, 1.82) is 0 Å². The summed E-state index contributed by atoms with van der Waals surface area (Å²) < 4.78 is 4.50. The van der Waals surface area contributed by atoms with Gasteiger partial charge in [0.05, 0.1) is 0 Å². The lowest BCUT2D eigenvalue weighted by molar-refractivity contribution is -0.152. The van der Waals surface area contributed by atoms with Crippen LogP contribution in [0.1, 0.15) is 12.8 Å². The number of carboxylic acid groups (broad SMARTS) is 1. The summed E-state index contributed by atoms with van der Waals surface area (Å²) in [5.74, 6) is -1.99. The number of hydrogen-bond acceptors (Lipinski definition) is 7. The van der Waals surface area contributed by atoms with Crippen molar-refractivity contribution in [2.75, 3.05) is 6.61 Å². The van der Waals surface area contributed by atoms with Crippen LogP contribution < -0.4 is 5.73 Å². The number of aliphatic carboxylic acids is 1. The summed E-state index contributed by atoms with van der Waals surface area (Å²) in [6.45, 7) is -0.584. The fourth-order valence-corrected chi connectivity index (χ4v) is 0.861. The summed E-state index contributed by atoms with van der Waals surface area (Å²) in [6, 6.07) is -1.12. The van der Waals surface area contributed by atoms with Gasteiger partial charge in [-0.2, -0.15) is 0 Å². The van der Waals surface area contributed by atoms with Crippen LogP contribution in [-0.2, 0) is 19.1 Å². The van der Waals surface area contributed by atoms with E-state index < -0.39 is 36.8 Å². The molecule has 0 aromatic carbocycles. The first-order chi connectivity index (χ1) is 7.88. The monoisotopic (exact) mass is 249 g/mol. The molecular weight excluding hydrogens is 234 g/mol. The van der Waals surface area contributed by atoms with Gasteiger partial charge in [0.1, 0.15) is 24.9 Å². The number of aldehydes is 1. The Bertz CT molecular complexity index is 281. The number of nitrogens with two attached hydrogens (primary N) is 1. The Hall–Kier alpha value is -1.51. The van der Waals surface area contributed by atoms with Crippen molar-refractivity contribution in [3.63, 3.8) is 0 Å². The first-order valence-corrected chi connectivity index (χ1v) is 4.84. The Morgan fingerprint density at radius 1 is 1.35 bits per heavy atom. The van der Waals surface area contributed by atoms with Crippen molar-refractivity contribution in [3.05, 3.63) is 0 Å². The molecule has 17 heavy (non-hydrogen) atoms. The van der Waals surface area contributed by atoms with E-state index in [1.54, 1.807) is 0 Å². The quantitative estimate of drug-likeness (QED) is 0.276. The molecule has 0 spiro atoms. The molecule has 0 aromatic heterocycles. The van der Waals surface area contributed by atoms with Gasteiger partial charge in [0.2, 0.25) is 0 Å². The third-order valence-corrected chi connectivity index (χ3v) is 1.90. The Labute approximate surface area is 97.0 Å². The molecule has 8 nitrogen and oxygen atoms in total. The molecule has 0 unspecified atom stereocenters. The smallest absolute Gasteiger partial charge is 0.323 e. The fraction of sp³-hybridized carbons (Fsp3) is 0.667. The molecule has 5 N–H and O–H groups in total. The van der Waals surface area contributed by atoms with Crippen LogP contribution in [0.2, 0.25) is 0 Å². The average Bonchev–Trinajstić information content (AvgIpc) is 2.31. The SMILES string of the molecule is N[C@@H](CCC(=O)O)C(=O)OC[C@@H](O)[C@@H](O)C=O. The minimum Gasteiger partial charge on any atom is -0.481 e. The zero-order valence-corrected chi connectivity index (χ0v) is 8.98. The first-order valence-electron chi connectivity index (χ1n) is 4.84. The van der Waals surface area contributed by atoms with Gasteiger partial charge in [-0.3, -0.25) is 9.59 Å². The van der Waals surface area contributed by atoms with Gasteiger partial charge < -0.3 is 30.6 Å². The molecule has 0 aromatic rings. The van der Waals surface area contributed by atoms with E-state index in [1.807, 2.05) is 0 Å². The highest BCUT2D eigenvalue weighted by atomic mass is 16.5. The average molecular weight is 249 g/mol. The molecule has 0 amide bonds. The van der Waals surface area contributed by atoms with Crippen LogP contribution in [0.5, 0.6) is 0 Å². The molecular formula is C9H15NO7. The van der Waals surface area contributed by atoms with Crippen molar-refractivity contribution in [2.45, 2.75) is 31.1 Å². The van der Waals surface area contributed by atoms with E-state index in [-0.39, 0.29) is 19.1 Å². The standard InChI is InChI=1S/C9H15NO7/c10-5(1-2-8(14)15)9(16)17-4-7(13)6(12)3-11/h3,5-7,12-13H,1-2,4,10H2,(H,14,15)/t5-,6-,7+/m0/s1. The maximum atomic E-state index is 11.1. The largest absolute Gasteiger partial charge is 0.481 e. The van der Waals surface area contributed by atoms with Crippen LogP contribution in [0.3, 0.4) is 0 Å². The lowest BCUT2D eigenvalue weighted by Crippen LogP contribution is -2.37. The van der Waals surface area contributed by atoms with E-state index in [0.717, 1.165) is 0 Å². The highest BCUT2D eigenvalue weighted by Crippen LogP contribution is 1.99. The van der Waals surface area contributed by atoms with E-state index >= 15 is 0 Å². The number of carbonyl (C=O) groups excluding carboxylic acids is 2. The van der Waals surface area contributed by atoms with Gasteiger partial charge in [0.25, 0.3) is 0 Å². The normalized spacial score (nSPS) is 15.7. The molecule has 0 aliphatic carbocycles. The third-order valence-electron chi connectivity index (χ3n) is 1.90. The summed E-state index contributed by atoms with van der Waals surface area (Å²) in [6.07, 6.45) is -3.44. The summed E-state index contributed by atoms with van der Waals surface area (Å²) in [7, 11) is 0. The van der Waals surface area contributed by atoms with Crippen LogP contribution in [0.4, 0.5) is 0 Å². The zero-order valence-electron chi connectivity index (χ0n) is 8.98. The molecule has 0 heterocycles. The van der Waals surface area contributed by atoms with Gasteiger partial charge in [0.15, 0.2) is 6.29 Å². The number of aliphatic hydroxyl groups excluding tert-OH is 2. The number of ether oxygens (including phenoxy) is 1. The lowest BCUT2D eigenvalue weighted by Gasteiger charge is -2.15. The van der Waals surface area contributed by atoms with E-state index in [1.165, 1.54) is 0 Å². The van der Waals surface area contributed by atoms with Crippen molar-refractivity contribution >= 4 is 18.2 Å². The second-order valence-corrected chi connectivity index (χ2v) is 3.36. The molecule has 8 heteroatoms. The molecule has 0 rings (SSSR count). The Balaban J connectivity index is 3.92.